The first-order valence-corrected chi connectivity index (χ1v) is 15.4. The lowest BCUT2D eigenvalue weighted by Gasteiger charge is -2.19. The molecule has 0 radical (unpaired) electrons. The van der Waals surface area contributed by atoms with Gasteiger partial charge in [-0.1, -0.05) is 6.58 Å². The maximum Gasteiger partial charge on any atom is 0.407 e. The maximum atomic E-state index is 11.5. The summed E-state index contributed by atoms with van der Waals surface area (Å²) >= 11 is 0. The van der Waals surface area contributed by atoms with Crippen LogP contribution in [-0.2, 0) is 61.6 Å². The van der Waals surface area contributed by atoms with Crippen molar-refractivity contribution in [2.24, 2.45) is 0 Å². The highest BCUT2D eigenvalue weighted by Gasteiger charge is 2.15. The summed E-state index contributed by atoms with van der Waals surface area (Å²) in [4.78, 5) is 22.3. The smallest absolute Gasteiger partial charge is 0.407 e. The molecule has 15 nitrogen and oxygen atoms in total. The van der Waals surface area contributed by atoms with Gasteiger partial charge in [0.2, 0.25) is 0 Å². The van der Waals surface area contributed by atoms with Gasteiger partial charge in [-0.25, -0.2) is 9.59 Å². The minimum Gasteiger partial charge on any atom is -0.460 e. The van der Waals surface area contributed by atoms with E-state index in [2.05, 4.69) is 11.9 Å². The van der Waals surface area contributed by atoms with E-state index in [9.17, 15) is 9.59 Å². The minimum absolute atomic E-state index is 0.194. The molecule has 1 amide bonds. The first kappa shape index (κ1) is 43.1. The number of carbonyl (C=O) groups excluding carboxylic acids is 2. The van der Waals surface area contributed by atoms with E-state index in [1.807, 2.05) is 20.8 Å². The molecule has 0 aliphatic heterocycles. The van der Waals surface area contributed by atoms with Crippen LogP contribution >= 0.6 is 0 Å². The second-order valence-electron chi connectivity index (χ2n) is 9.92. The molecule has 266 valence electrons. The Hall–Kier alpha value is -1.92. The van der Waals surface area contributed by atoms with Crippen LogP contribution < -0.4 is 5.32 Å². The van der Waals surface area contributed by atoms with Crippen molar-refractivity contribution in [3.63, 3.8) is 0 Å². The topological polar surface area (TPSA) is 157 Å². The second-order valence-corrected chi connectivity index (χ2v) is 9.92. The molecule has 0 saturated heterocycles. The summed E-state index contributed by atoms with van der Waals surface area (Å²) in [5, 5.41) is 2.62. The van der Waals surface area contributed by atoms with Crippen molar-refractivity contribution in [1.82, 2.24) is 5.32 Å². The molecule has 0 atom stereocenters. The zero-order valence-electron chi connectivity index (χ0n) is 27.6. The van der Waals surface area contributed by atoms with Crippen molar-refractivity contribution in [2.45, 2.75) is 26.4 Å². The highest BCUT2D eigenvalue weighted by Crippen LogP contribution is 2.06. The van der Waals surface area contributed by atoms with Crippen molar-refractivity contribution in [2.75, 3.05) is 145 Å². The molecule has 0 rings (SSSR count). The van der Waals surface area contributed by atoms with E-state index in [1.165, 1.54) is 0 Å². The van der Waals surface area contributed by atoms with Crippen LogP contribution in [0.4, 0.5) is 4.79 Å². The third kappa shape index (κ3) is 38.2. The Morgan fingerprint density at radius 2 is 0.756 bits per heavy atom. The van der Waals surface area contributed by atoms with Gasteiger partial charge in [0.25, 0.3) is 0 Å². The lowest BCUT2D eigenvalue weighted by atomic mass is 10.2. The highest BCUT2D eigenvalue weighted by atomic mass is 16.6. The van der Waals surface area contributed by atoms with Gasteiger partial charge in [0.15, 0.2) is 0 Å². The van der Waals surface area contributed by atoms with Crippen molar-refractivity contribution in [1.29, 1.82) is 0 Å². The molecule has 0 fully saturated rings. The van der Waals surface area contributed by atoms with Gasteiger partial charge in [-0.2, -0.15) is 0 Å². The molecule has 15 heteroatoms. The SMILES string of the molecule is C=CC(=O)OCCOCCOCCOCCOCCOCCOCCOCCOCCOCCOCCNC(=O)OC(C)(C)C. The normalized spacial score (nSPS) is 11.4. The fraction of sp³-hybridized carbons (Fsp3) is 0.867. The summed E-state index contributed by atoms with van der Waals surface area (Å²) in [6, 6.07) is 0. The number of ether oxygens (including phenoxy) is 12. The Morgan fingerprint density at radius 3 is 1.02 bits per heavy atom. The predicted molar refractivity (Wildman–Crippen MR) is 164 cm³/mol. The number of hydrogen-bond acceptors (Lipinski definition) is 14. The van der Waals surface area contributed by atoms with Crippen LogP contribution in [0.2, 0.25) is 0 Å². The minimum atomic E-state index is -0.514. The fourth-order valence-electron chi connectivity index (χ4n) is 2.88. The zero-order chi connectivity index (χ0) is 33.1. The second kappa shape index (κ2) is 33.4. The van der Waals surface area contributed by atoms with E-state index >= 15 is 0 Å². The predicted octanol–water partition coefficient (Wildman–Crippen LogP) is 1.41. The average molecular weight is 656 g/mol. The lowest BCUT2D eigenvalue weighted by Crippen LogP contribution is -2.34. The zero-order valence-corrected chi connectivity index (χ0v) is 27.6. The van der Waals surface area contributed by atoms with Crippen molar-refractivity contribution >= 4 is 12.1 Å². The van der Waals surface area contributed by atoms with Crippen LogP contribution in [0, 0.1) is 0 Å². The largest absolute Gasteiger partial charge is 0.460 e. The monoisotopic (exact) mass is 655 g/mol. The molecule has 0 aliphatic carbocycles. The molecule has 0 aliphatic rings. The molecular formula is C30H57NO14. The average Bonchev–Trinajstić information content (AvgIpc) is 3.00. The molecular weight excluding hydrogens is 598 g/mol. The number of amides is 1. The lowest BCUT2D eigenvalue weighted by molar-refractivity contribution is -0.139. The van der Waals surface area contributed by atoms with Crippen LogP contribution in [-0.4, -0.2) is 163 Å². The first-order chi connectivity index (χ1) is 21.8. The number of hydrogen-bond donors (Lipinski definition) is 1. The summed E-state index contributed by atoms with van der Waals surface area (Å²) < 4.78 is 64.0. The molecule has 0 bridgehead atoms. The van der Waals surface area contributed by atoms with Crippen LogP contribution in [0.5, 0.6) is 0 Å². The Bertz CT molecular complexity index is 678. The molecule has 0 spiro atoms. The van der Waals surface area contributed by atoms with Crippen molar-refractivity contribution in [3.05, 3.63) is 12.7 Å². The summed E-state index contributed by atoms with van der Waals surface area (Å²) in [6.07, 6.45) is 0.655. The van der Waals surface area contributed by atoms with Gasteiger partial charge >= 0.3 is 12.1 Å². The molecule has 0 aromatic heterocycles. The van der Waals surface area contributed by atoms with E-state index < -0.39 is 17.7 Å². The summed E-state index contributed by atoms with van der Waals surface area (Å²) in [6.45, 7) is 18.5. The number of esters is 1. The van der Waals surface area contributed by atoms with Crippen LogP contribution in [0.15, 0.2) is 12.7 Å². The van der Waals surface area contributed by atoms with Gasteiger partial charge < -0.3 is 62.2 Å². The van der Waals surface area contributed by atoms with E-state index in [1.54, 1.807) is 0 Å². The number of rotatable bonds is 34. The van der Waals surface area contributed by atoms with E-state index in [4.69, 9.17) is 56.8 Å². The quantitative estimate of drug-likeness (QED) is 0.0603. The highest BCUT2D eigenvalue weighted by molar-refractivity contribution is 5.81. The third-order valence-corrected chi connectivity index (χ3v) is 4.90. The van der Waals surface area contributed by atoms with E-state index in [0.29, 0.717) is 139 Å². The van der Waals surface area contributed by atoms with E-state index in [-0.39, 0.29) is 6.61 Å². The van der Waals surface area contributed by atoms with Crippen molar-refractivity contribution in [3.8, 4) is 0 Å². The first-order valence-electron chi connectivity index (χ1n) is 15.4. The summed E-state index contributed by atoms with van der Waals surface area (Å²) in [5.41, 5.74) is -0.514. The number of nitrogens with one attached hydrogen (secondary N) is 1. The number of alkyl carbamates (subject to hydrolysis) is 1. The molecule has 0 saturated carbocycles. The Balaban J connectivity index is 3.11. The molecule has 1 N–H and O–H groups in total. The summed E-state index contributed by atoms with van der Waals surface area (Å²) in [7, 11) is 0. The van der Waals surface area contributed by atoms with Gasteiger partial charge in [-0.3, -0.25) is 0 Å². The van der Waals surface area contributed by atoms with Crippen LogP contribution in [0.1, 0.15) is 20.8 Å². The Kier molecular flexibility index (Phi) is 32.0. The number of carbonyl (C=O) groups is 2. The molecule has 0 aromatic carbocycles. The third-order valence-electron chi connectivity index (χ3n) is 4.90. The molecule has 45 heavy (non-hydrogen) atoms. The van der Waals surface area contributed by atoms with E-state index in [0.717, 1.165) is 6.08 Å². The summed E-state index contributed by atoms with van der Waals surface area (Å²) in [5.74, 6) is -0.463. The standard InChI is InChI=1S/C30H57NO14/c1-5-28(32)44-27-26-43-25-24-42-23-22-41-21-20-40-19-18-39-17-16-38-15-14-37-13-12-36-11-10-35-9-8-34-7-6-31-29(33)45-30(2,3)4/h5H,1,6-27H2,2-4H3,(H,31,33). The Morgan fingerprint density at radius 1 is 0.489 bits per heavy atom. The van der Waals surface area contributed by atoms with Gasteiger partial charge in [0.1, 0.15) is 12.2 Å². The van der Waals surface area contributed by atoms with Gasteiger partial charge in [0.05, 0.1) is 132 Å². The van der Waals surface area contributed by atoms with Crippen LogP contribution in [0.25, 0.3) is 0 Å². The van der Waals surface area contributed by atoms with Gasteiger partial charge in [-0.05, 0) is 20.8 Å². The molecule has 0 aromatic rings. The van der Waals surface area contributed by atoms with Crippen molar-refractivity contribution < 1.29 is 66.4 Å². The van der Waals surface area contributed by atoms with Crippen LogP contribution in [0.3, 0.4) is 0 Å². The Labute approximate surface area is 268 Å². The fourth-order valence-corrected chi connectivity index (χ4v) is 2.88. The molecule has 0 unspecified atom stereocenters. The molecule has 0 heterocycles. The van der Waals surface area contributed by atoms with Gasteiger partial charge in [0, 0.05) is 12.6 Å². The van der Waals surface area contributed by atoms with Gasteiger partial charge in [-0.15, -0.1) is 0 Å². The maximum absolute atomic E-state index is 11.5.